The van der Waals surface area contributed by atoms with Crippen LogP contribution < -0.4 is 5.32 Å². The summed E-state index contributed by atoms with van der Waals surface area (Å²) in [6.07, 6.45) is 2.81. The average Bonchev–Trinajstić information content (AvgIpc) is 3.22. The molecule has 0 saturated carbocycles. The fourth-order valence-corrected chi connectivity index (χ4v) is 5.44. The summed E-state index contributed by atoms with van der Waals surface area (Å²) in [6.45, 7) is 1.28. The van der Waals surface area contributed by atoms with Gasteiger partial charge in [-0.2, -0.15) is 4.31 Å². The second-order valence-electron chi connectivity index (χ2n) is 6.45. The Morgan fingerprint density at radius 1 is 1.11 bits per heavy atom. The molecule has 2 aromatic rings. The summed E-state index contributed by atoms with van der Waals surface area (Å²) >= 11 is 1.05. The molecule has 2 heterocycles. The highest BCUT2D eigenvalue weighted by Crippen LogP contribution is 2.22. The molecule has 7 nitrogen and oxygen atoms in total. The van der Waals surface area contributed by atoms with Gasteiger partial charge in [-0.3, -0.25) is 4.79 Å². The number of nitrogens with zero attached hydrogens (tertiary/aromatic N) is 1. The molecule has 9 heteroatoms. The lowest BCUT2D eigenvalue weighted by Crippen LogP contribution is -2.35. The predicted octanol–water partition coefficient (Wildman–Crippen LogP) is 2.64. The molecule has 0 bridgehead atoms. The standard InChI is InChI=1S/C19H22N2O5S2/c1-26-19(23)17-9-8-16(27-17)18(22)20-13-14-6-5-7-15(12-14)28(24,25)21-10-3-2-4-11-21/h5-9,12H,2-4,10-11,13H2,1H3,(H,20,22). The molecule has 1 aromatic carbocycles. The molecule has 1 aliphatic heterocycles. The zero-order valence-corrected chi connectivity index (χ0v) is 17.1. The molecule has 1 amide bonds. The van der Waals surface area contributed by atoms with E-state index in [-0.39, 0.29) is 17.3 Å². The largest absolute Gasteiger partial charge is 0.465 e. The normalized spacial score (nSPS) is 15.2. The Balaban J connectivity index is 1.67. The fourth-order valence-electron chi connectivity index (χ4n) is 3.01. The summed E-state index contributed by atoms with van der Waals surface area (Å²) in [5.74, 6) is -0.816. The number of amides is 1. The van der Waals surface area contributed by atoms with Gasteiger partial charge in [-0.05, 0) is 42.7 Å². The first-order valence-corrected chi connectivity index (χ1v) is 11.2. The molecule has 1 N–H and O–H groups in total. The first-order chi connectivity index (χ1) is 13.4. The van der Waals surface area contributed by atoms with Crippen molar-refractivity contribution < 1.29 is 22.7 Å². The van der Waals surface area contributed by atoms with Crippen molar-refractivity contribution in [3.05, 3.63) is 51.7 Å². The van der Waals surface area contributed by atoms with E-state index in [1.54, 1.807) is 30.3 Å². The van der Waals surface area contributed by atoms with Crippen LogP contribution in [0.4, 0.5) is 0 Å². The first-order valence-electron chi connectivity index (χ1n) is 8.97. The molecule has 28 heavy (non-hydrogen) atoms. The third-order valence-corrected chi connectivity index (χ3v) is 7.48. The second-order valence-corrected chi connectivity index (χ2v) is 9.47. The van der Waals surface area contributed by atoms with Crippen LogP contribution in [0.3, 0.4) is 0 Å². The zero-order chi connectivity index (χ0) is 20.1. The zero-order valence-electron chi connectivity index (χ0n) is 15.5. The lowest BCUT2D eigenvalue weighted by atomic mass is 10.2. The maximum Gasteiger partial charge on any atom is 0.348 e. The summed E-state index contributed by atoms with van der Waals surface area (Å²) in [6, 6.07) is 9.72. The fraction of sp³-hybridized carbons (Fsp3) is 0.368. The number of ether oxygens (including phenoxy) is 1. The minimum absolute atomic E-state index is 0.188. The van der Waals surface area contributed by atoms with Crippen molar-refractivity contribution in [2.24, 2.45) is 0 Å². The number of methoxy groups -OCH3 is 1. The number of hydrogen-bond acceptors (Lipinski definition) is 6. The van der Waals surface area contributed by atoms with Crippen LogP contribution in [0, 0.1) is 0 Å². The summed E-state index contributed by atoms with van der Waals surface area (Å²) in [7, 11) is -2.23. The summed E-state index contributed by atoms with van der Waals surface area (Å²) in [5.41, 5.74) is 0.691. The Bertz CT molecular complexity index is 962. The van der Waals surface area contributed by atoms with Gasteiger partial charge in [-0.15, -0.1) is 11.3 Å². The average molecular weight is 423 g/mol. The van der Waals surface area contributed by atoms with Crippen molar-refractivity contribution >= 4 is 33.2 Å². The van der Waals surface area contributed by atoms with Gasteiger partial charge in [0.1, 0.15) is 4.88 Å². The molecular weight excluding hydrogens is 400 g/mol. The van der Waals surface area contributed by atoms with Gasteiger partial charge in [0, 0.05) is 19.6 Å². The molecule has 0 radical (unpaired) electrons. The van der Waals surface area contributed by atoms with Gasteiger partial charge in [0.15, 0.2) is 0 Å². The van der Waals surface area contributed by atoms with Crippen LogP contribution in [-0.4, -0.2) is 44.8 Å². The first kappa shape index (κ1) is 20.5. The molecule has 150 valence electrons. The van der Waals surface area contributed by atoms with Crippen molar-refractivity contribution in [3.63, 3.8) is 0 Å². The summed E-state index contributed by atoms with van der Waals surface area (Å²) in [5, 5.41) is 2.75. The Hall–Kier alpha value is -2.23. The van der Waals surface area contributed by atoms with Crippen molar-refractivity contribution in [1.29, 1.82) is 0 Å². The van der Waals surface area contributed by atoms with Crippen LogP contribution >= 0.6 is 11.3 Å². The number of carbonyl (C=O) groups excluding carboxylic acids is 2. The van der Waals surface area contributed by atoms with Gasteiger partial charge >= 0.3 is 5.97 Å². The molecule has 0 spiro atoms. The highest BCUT2D eigenvalue weighted by atomic mass is 32.2. The molecule has 1 aliphatic rings. The van der Waals surface area contributed by atoms with Crippen LogP contribution in [0.25, 0.3) is 0 Å². The van der Waals surface area contributed by atoms with E-state index in [4.69, 9.17) is 0 Å². The SMILES string of the molecule is COC(=O)c1ccc(C(=O)NCc2cccc(S(=O)(=O)N3CCCCC3)c2)s1. The third kappa shape index (κ3) is 4.60. The lowest BCUT2D eigenvalue weighted by molar-refractivity contribution is 0.0606. The number of esters is 1. The van der Waals surface area contributed by atoms with E-state index in [1.165, 1.54) is 17.5 Å². The van der Waals surface area contributed by atoms with Gasteiger partial charge < -0.3 is 10.1 Å². The number of hydrogen-bond donors (Lipinski definition) is 1. The number of sulfonamides is 1. The van der Waals surface area contributed by atoms with E-state index in [1.807, 2.05) is 0 Å². The van der Waals surface area contributed by atoms with Crippen molar-refractivity contribution in [1.82, 2.24) is 9.62 Å². The van der Waals surface area contributed by atoms with Crippen LogP contribution in [0.1, 0.15) is 44.2 Å². The quantitative estimate of drug-likeness (QED) is 0.723. The third-order valence-electron chi connectivity index (χ3n) is 4.52. The van der Waals surface area contributed by atoms with Crippen LogP contribution in [0.5, 0.6) is 0 Å². The van der Waals surface area contributed by atoms with Gasteiger partial charge in [-0.25, -0.2) is 13.2 Å². The molecule has 1 fully saturated rings. The Labute approximate surface area is 168 Å². The van der Waals surface area contributed by atoms with E-state index >= 15 is 0 Å². The number of nitrogens with one attached hydrogen (secondary N) is 1. The van der Waals surface area contributed by atoms with Crippen LogP contribution in [0.15, 0.2) is 41.3 Å². The molecule has 1 saturated heterocycles. The van der Waals surface area contributed by atoms with Crippen molar-refractivity contribution in [2.45, 2.75) is 30.7 Å². The minimum Gasteiger partial charge on any atom is -0.465 e. The lowest BCUT2D eigenvalue weighted by Gasteiger charge is -2.26. The Kier molecular flexibility index (Phi) is 6.48. The monoisotopic (exact) mass is 422 g/mol. The van der Waals surface area contributed by atoms with Crippen LogP contribution in [0.2, 0.25) is 0 Å². The Morgan fingerprint density at radius 2 is 1.82 bits per heavy atom. The van der Waals surface area contributed by atoms with Gasteiger partial charge in [0.25, 0.3) is 5.91 Å². The number of rotatable bonds is 6. The molecule has 0 aliphatic carbocycles. The van der Waals surface area contributed by atoms with Crippen molar-refractivity contribution in [2.75, 3.05) is 20.2 Å². The number of thiophene rings is 1. The van der Waals surface area contributed by atoms with E-state index in [0.717, 1.165) is 30.6 Å². The van der Waals surface area contributed by atoms with E-state index in [9.17, 15) is 18.0 Å². The Morgan fingerprint density at radius 3 is 2.54 bits per heavy atom. The molecule has 3 rings (SSSR count). The van der Waals surface area contributed by atoms with E-state index in [2.05, 4.69) is 10.1 Å². The smallest absolute Gasteiger partial charge is 0.348 e. The summed E-state index contributed by atoms with van der Waals surface area (Å²) < 4.78 is 31.7. The molecule has 0 unspecified atom stereocenters. The topological polar surface area (TPSA) is 92.8 Å². The minimum atomic E-state index is -3.51. The molecular formula is C19H22N2O5S2. The van der Waals surface area contributed by atoms with Gasteiger partial charge in [0.05, 0.1) is 16.9 Å². The number of carbonyl (C=O) groups is 2. The highest BCUT2D eigenvalue weighted by molar-refractivity contribution is 7.89. The second kappa shape index (κ2) is 8.85. The molecule has 1 aromatic heterocycles. The van der Waals surface area contributed by atoms with Crippen LogP contribution in [-0.2, 0) is 21.3 Å². The number of benzene rings is 1. The summed E-state index contributed by atoms with van der Waals surface area (Å²) in [4.78, 5) is 24.8. The van der Waals surface area contributed by atoms with E-state index in [0.29, 0.717) is 28.4 Å². The van der Waals surface area contributed by atoms with Gasteiger partial charge in [0.2, 0.25) is 10.0 Å². The maximum atomic E-state index is 12.8. The maximum absolute atomic E-state index is 12.8. The number of piperidine rings is 1. The van der Waals surface area contributed by atoms with E-state index < -0.39 is 16.0 Å². The molecule has 0 atom stereocenters. The van der Waals surface area contributed by atoms with Crippen molar-refractivity contribution in [3.8, 4) is 0 Å². The highest BCUT2D eigenvalue weighted by Gasteiger charge is 2.26. The van der Waals surface area contributed by atoms with Gasteiger partial charge in [-0.1, -0.05) is 18.6 Å². The predicted molar refractivity (Wildman–Crippen MR) is 106 cm³/mol.